The Kier molecular flexibility index (Phi) is 10.4. The third-order valence-electron chi connectivity index (χ3n) is 6.79. The standard InChI is InChI=1S/C21H26ClFN4O2.C4H6O6/c22-17-10-16(19-15(18(17)24)2-1-6-25-19)20(28)26-13-21(23)4-7-27(8-5-21)11-14-3-9-29-12-14;5-1(3(7)8)2(6)4(9)10/h1-2,6,10,14H,3-5,7-9,11-13,24H2,(H,26,28);1-2,5-6H,(H,7,8)(H,9,10)/t;1-,2-/m.1/s1. The van der Waals surface area contributed by atoms with E-state index in [1.807, 2.05) is 0 Å². The molecule has 0 bridgehead atoms. The first-order chi connectivity index (χ1) is 18.4. The van der Waals surface area contributed by atoms with Crippen LogP contribution in [0.25, 0.3) is 10.9 Å². The number of fused-ring (bicyclic) bond motifs is 1. The van der Waals surface area contributed by atoms with Gasteiger partial charge in [0.15, 0.2) is 12.2 Å². The van der Waals surface area contributed by atoms with Gasteiger partial charge in [-0.25, -0.2) is 14.0 Å². The topological polar surface area (TPSA) is 196 Å². The van der Waals surface area contributed by atoms with Crippen LogP contribution in [0, 0.1) is 5.92 Å². The van der Waals surface area contributed by atoms with Crippen molar-refractivity contribution < 1.29 is 43.9 Å². The molecule has 0 aliphatic carbocycles. The molecule has 214 valence electrons. The second-order valence-electron chi connectivity index (χ2n) is 9.65. The number of hydrogen-bond acceptors (Lipinski definition) is 9. The lowest BCUT2D eigenvalue weighted by atomic mass is 9.92. The molecule has 2 saturated heterocycles. The number of carbonyl (C=O) groups is 3. The summed E-state index contributed by atoms with van der Waals surface area (Å²) in [5.41, 5.74) is 5.75. The van der Waals surface area contributed by atoms with E-state index in [0.717, 1.165) is 26.2 Å². The van der Waals surface area contributed by atoms with Crippen LogP contribution in [0.3, 0.4) is 0 Å². The van der Waals surface area contributed by atoms with Crippen molar-refractivity contribution in [3.05, 3.63) is 35.0 Å². The van der Waals surface area contributed by atoms with Gasteiger partial charge in [-0.3, -0.25) is 9.78 Å². The van der Waals surface area contributed by atoms with E-state index in [1.54, 1.807) is 18.3 Å². The van der Waals surface area contributed by atoms with Crippen molar-refractivity contribution in [2.75, 3.05) is 45.1 Å². The number of carbonyl (C=O) groups excluding carboxylic acids is 1. The SMILES string of the molecule is Nc1c(Cl)cc(C(=O)NCC2(F)CCN(CC3CCOC3)CC2)c2ncccc12.O=C(O)[C@H](O)[C@@H](O)C(=O)O. The molecule has 0 radical (unpaired) electrons. The number of aromatic nitrogens is 1. The molecule has 3 heterocycles. The maximum Gasteiger partial charge on any atom is 0.335 e. The highest BCUT2D eigenvalue weighted by atomic mass is 35.5. The van der Waals surface area contributed by atoms with Crippen LogP contribution < -0.4 is 11.1 Å². The fourth-order valence-electron chi connectivity index (χ4n) is 4.42. The Morgan fingerprint density at radius 1 is 1.23 bits per heavy atom. The summed E-state index contributed by atoms with van der Waals surface area (Å²) < 4.78 is 20.7. The number of carboxylic acids is 2. The molecular formula is C25H32ClFN4O8. The predicted octanol–water partition coefficient (Wildman–Crippen LogP) is 0.918. The summed E-state index contributed by atoms with van der Waals surface area (Å²) in [4.78, 5) is 38.9. The van der Waals surface area contributed by atoms with E-state index in [0.29, 0.717) is 54.0 Å². The number of piperidine rings is 1. The van der Waals surface area contributed by atoms with E-state index >= 15 is 4.39 Å². The van der Waals surface area contributed by atoms with Gasteiger partial charge in [0, 0.05) is 37.8 Å². The Morgan fingerprint density at radius 3 is 2.44 bits per heavy atom. The van der Waals surface area contributed by atoms with Crippen LogP contribution in [-0.4, -0.2) is 105 Å². The second-order valence-corrected chi connectivity index (χ2v) is 10.1. The van der Waals surface area contributed by atoms with Gasteiger partial charge >= 0.3 is 11.9 Å². The number of likely N-dealkylation sites (tertiary alicyclic amines) is 1. The van der Waals surface area contributed by atoms with E-state index in [1.165, 1.54) is 6.07 Å². The van der Waals surface area contributed by atoms with Gasteiger partial charge in [-0.05, 0) is 43.4 Å². The third-order valence-corrected chi connectivity index (χ3v) is 7.10. The van der Waals surface area contributed by atoms with E-state index < -0.39 is 35.7 Å². The molecule has 1 amide bonds. The summed E-state index contributed by atoms with van der Waals surface area (Å²) in [5.74, 6) is -3.37. The van der Waals surface area contributed by atoms with Crippen molar-refractivity contribution in [2.24, 2.45) is 5.92 Å². The first kappa shape index (κ1) is 30.4. The van der Waals surface area contributed by atoms with Gasteiger partial charge in [0.25, 0.3) is 5.91 Å². The second kappa shape index (κ2) is 13.3. The molecule has 1 aromatic heterocycles. The number of benzene rings is 1. The van der Waals surface area contributed by atoms with E-state index in [4.69, 9.17) is 42.5 Å². The fourth-order valence-corrected chi connectivity index (χ4v) is 4.63. The number of rotatable bonds is 8. The number of halogens is 2. The van der Waals surface area contributed by atoms with Crippen LogP contribution in [0.2, 0.25) is 5.02 Å². The maximum atomic E-state index is 15.3. The zero-order chi connectivity index (χ0) is 28.7. The van der Waals surface area contributed by atoms with E-state index in [9.17, 15) is 14.4 Å². The lowest BCUT2D eigenvalue weighted by molar-refractivity contribution is -0.165. The Morgan fingerprint density at radius 2 is 1.87 bits per heavy atom. The van der Waals surface area contributed by atoms with Crippen LogP contribution >= 0.6 is 11.6 Å². The summed E-state index contributed by atoms with van der Waals surface area (Å²) in [5, 5.41) is 36.2. The number of ether oxygens (including phenoxy) is 1. The first-order valence-corrected chi connectivity index (χ1v) is 12.7. The number of alkyl halides is 1. The minimum atomic E-state index is -2.27. The van der Waals surface area contributed by atoms with Gasteiger partial charge in [0.1, 0.15) is 5.67 Å². The van der Waals surface area contributed by atoms with E-state index in [2.05, 4.69) is 15.2 Å². The monoisotopic (exact) mass is 570 g/mol. The molecule has 14 heteroatoms. The highest BCUT2D eigenvalue weighted by molar-refractivity contribution is 6.35. The average molecular weight is 571 g/mol. The molecule has 2 aromatic rings. The summed E-state index contributed by atoms with van der Waals surface area (Å²) in [6.07, 6.45) is -1.05. The normalized spacial score (nSPS) is 20.5. The van der Waals surface area contributed by atoms with Gasteiger partial charge in [-0.2, -0.15) is 0 Å². The number of amides is 1. The maximum absolute atomic E-state index is 15.3. The van der Waals surface area contributed by atoms with Crippen molar-refractivity contribution in [3.8, 4) is 0 Å². The molecule has 4 rings (SSSR count). The Labute approximate surface area is 228 Å². The molecule has 1 aromatic carbocycles. The average Bonchev–Trinajstić information content (AvgIpc) is 3.43. The number of aliphatic hydroxyl groups is 2. The third kappa shape index (κ3) is 7.96. The zero-order valence-corrected chi connectivity index (χ0v) is 21.8. The number of anilines is 1. The van der Waals surface area contributed by atoms with Crippen molar-refractivity contribution in [2.45, 2.75) is 37.1 Å². The van der Waals surface area contributed by atoms with Gasteiger partial charge in [-0.15, -0.1) is 0 Å². The van der Waals surface area contributed by atoms with Crippen LogP contribution in [0.5, 0.6) is 0 Å². The highest BCUT2D eigenvalue weighted by Gasteiger charge is 2.36. The first-order valence-electron chi connectivity index (χ1n) is 12.3. The molecule has 2 aliphatic rings. The molecule has 2 fully saturated rings. The number of nitrogens with zero attached hydrogens (tertiary/aromatic N) is 2. The molecule has 12 nitrogen and oxygen atoms in total. The van der Waals surface area contributed by atoms with Crippen LogP contribution in [-0.2, 0) is 14.3 Å². The number of nitrogens with two attached hydrogens (primary N) is 1. The number of hydrogen-bond donors (Lipinski definition) is 6. The lowest BCUT2D eigenvalue weighted by Crippen LogP contribution is -2.49. The molecule has 0 spiro atoms. The van der Waals surface area contributed by atoms with Crippen LogP contribution in [0.15, 0.2) is 24.4 Å². The molecule has 3 atom stereocenters. The zero-order valence-electron chi connectivity index (χ0n) is 21.1. The molecule has 39 heavy (non-hydrogen) atoms. The van der Waals surface area contributed by atoms with Crippen molar-refractivity contribution in [1.82, 2.24) is 15.2 Å². The Hall–Kier alpha value is -3.10. The number of aliphatic carboxylic acids is 2. The fraction of sp³-hybridized carbons (Fsp3) is 0.520. The number of nitrogen functional groups attached to an aromatic ring is 1. The Bertz CT molecular complexity index is 1170. The van der Waals surface area contributed by atoms with Gasteiger partial charge in [0.05, 0.1) is 34.9 Å². The van der Waals surface area contributed by atoms with Crippen molar-refractivity contribution >= 4 is 46.0 Å². The number of aliphatic hydroxyl groups excluding tert-OH is 2. The quantitative estimate of drug-likeness (QED) is 0.247. The summed E-state index contributed by atoms with van der Waals surface area (Å²) in [7, 11) is 0. The summed E-state index contributed by atoms with van der Waals surface area (Å²) in [6, 6.07) is 5.00. The lowest BCUT2D eigenvalue weighted by Gasteiger charge is -2.37. The Balaban J connectivity index is 0.000000360. The molecule has 1 unspecified atom stereocenters. The van der Waals surface area contributed by atoms with E-state index in [-0.39, 0.29) is 11.6 Å². The van der Waals surface area contributed by atoms with Crippen LogP contribution in [0.4, 0.5) is 10.1 Å². The van der Waals surface area contributed by atoms with Gasteiger partial charge < -0.3 is 41.1 Å². The van der Waals surface area contributed by atoms with Gasteiger partial charge in [-0.1, -0.05) is 11.6 Å². The summed E-state index contributed by atoms with van der Waals surface area (Å²) >= 11 is 6.18. The molecular weight excluding hydrogens is 539 g/mol. The minimum absolute atomic E-state index is 0.0253. The number of pyridine rings is 1. The number of carboxylic acid groups (broad SMARTS) is 2. The van der Waals surface area contributed by atoms with Crippen LogP contribution in [0.1, 0.15) is 29.6 Å². The largest absolute Gasteiger partial charge is 0.479 e. The molecule has 0 saturated carbocycles. The van der Waals surface area contributed by atoms with Crippen molar-refractivity contribution in [3.63, 3.8) is 0 Å². The van der Waals surface area contributed by atoms with Gasteiger partial charge in [0.2, 0.25) is 0 Å². The minimum Gasteiger partial charge on any atom is -0.479 e. The highest BCUT2D eigenvalue weighted by Crippen LogP contribution is 2.31. The number of nitrogens with one attached hydrogen (secondary N) is 1. The predicted molar refractivity (Wildman–Crippen MR) is 139 cm³/mol. The van der Waals surface area contributed by atoms with Crippen molar-refractivity contribution in [1.29, 1.82) is 0 Å². The molecule has 2 aliphatic heterocycles. The molecule has 7 N–H and O–H groups in total. The summed E-state index contributed by atoms with van der Waals surface area (Å²) in [6.45, 7) is 3.96. The smallest absolute Gasteiger partial charge is 0.335 e.